The molecule has 1 aromatic rings. The largest absolute Gasteiger partial charge is 0.497 e. The molecule has 0 atom stereocenters. The molecule has 0 saturated heterocycles. The fourth-order valence-electron chi connectivity index (χ4n) is 0.740. The number of rotatable bonds is 2. The molecule has 1 rings (SSSR count). The monoisotopic (exact) mass is 168 g/mol. The SMILES string of the molecule is C=Cc1ccc(OC)cc1.S. The molecule has 0 N–H and O–H groups in total. The molecule has 1 nitrogen and oxygen atoms in total. The van der Waals surface area contributed by atoms with Crippen molar-refractivity contribution >= 4 is 19.6 Å². The second kappa shape index (κ2) is 4.85. The lowest BCUT2D eigenvalue weighted by Crippen LogP contribution is -1.80. The van der Waals surface area contributed by atoms with E-state index < -0.39 is 0 Å². The minimum absolute atomic E-state index is 0. The summed E-state index contributed by atoms with van der Waals surface area (Å²) < 4.78 is 4.98. The summed E-state index contributed by atoms with van der Waals surface area (Å²) in [6.07, 6.45) is 1.80. The normalized spacial score (nSPS) is 8.09. The van der Waals surface area contributed by atoms with Crippen LogP contribution >= 0.6 is 13.5 Å². The number of hydrogen-bond acceptors (Lipinski definition) is 1. The van der Waals surface area contributed by atoms with Crippen LogP contribution in [0.1, 0.15) is 5.56 Å². The summed E-state index contributed by atoms with van der Waals surface area (Å²) in [6, 6.07) is 7.76. The zero-order chi connectivity index (χ0) is 7.40. The van der Waals surface area contributed by atoms with E-state index in [1.165, 1.54) is 0 Å². The molecule has 0 unspecified atom stereocenters. The van der Waals surface area contributed by atoms with Crippen LogP contribution in [-0.4, -0.2) is 7.11 Å². The third kappa shape index (κ3) is 2.68. The predicted molar refractivity (Wildman–Crippen MR) is 53.5 cm³/mol. The van der Waals surface area contributed by atoms with Gasteiger partial charge in [-0.3, -0.25) is 0 Å². The molecule has 0 saturated carbocycles. The standard InChI is InChI=1S/C9H10O.H2S/c1-3-8-4-6-9(10-2)7-5-8;/h3-7H,1H2,2H3;1H2. The lowest BCUT2D eigenvalue weighted by atomic mass is 10.2. The van der Waals surface area contributed by atoms with Gasteiger partial charge in [0.2, 0.25) is 0 Å². The van der Waals surface area contributed by atoms with Crippen LogP contribution in [-0.2, 0) is 0 Å². The van der Waals surface area contributed by atoms with Gasteiger partial charge in [0.15, 0.2) is 0 Å². The highest BCUT2D eigenvalue weighted by Gasteiger charge is 1.87. The first-order chi connectivity index (χ1) is 4.86. The van der Waals surface area contributed by atoms with Crippen molar-refractivity contribution in [3.63, 3.8) is 0 Å². The minimum atomic E-state index is 0. The number of methoxy groups -OCH3 is 1. The van der Waals surface area contributed by atoms with Crippen molar-refractivity contribution in [3.8, 4) is 5.75 Å². The number of benzene rings is 1. The number of hydrogen-bond donors (Lipinski definition) is 0. The van der Waals surface area contributed by atoms with Crippen molar-refractivity contribution in [2.45, 2.75) is 0 Å². The van der Waals surface area contributed by atoms with E-state index in [1.54, 1.807) is 13.2 Å². The summed E-state index contributed by atoms with van der Waals surface area (Å²) in [7, 11) is 1.66. The summed E-state index contributed by atoms with van der Waals surface area (Å²) in [4.78, 5) is 0. The van der Waals surface area contributed by atoms with Gasteiger partial charge in [-0.15, -0.1) is 0 Å². The Morgan fingerprint density at radius 3 is 2.18 bits per heavy atom. The van der Waals surface area contributed by atoms with Gasteiger partial charge in [-0.25, -0.2) is 0 Å². The molecule has 0 spiro atoms. The van der Waals surface area contributed by atoms with Crippen molar-refractivity contribution < 1.29 is 4.74 Å². The topological polar surface area (TPSA) is 9.23 Å². The van der Waals surface area contributed by atoms with Crippen LogP contribution in [0.15, 0.2) is 30.8 Å². The summed E-state index contributed by atoms with van der Waals surface area (Å²) in [5, 5.41) is 0. The Bertz CT molecular complexity index is 216. The van der Waals surface area contributed by atoms with Gasteiger partial charge in [-0.2, -0.15) is 13.5 Å². The van der Waals surface area contributed by atoms with E-state index in [4.69, 9.17) is 4.74 Å². The van der Waals surface area contributed by atoms with Crippen LogP contribution in [0.3, 0.4) is 0 Å². The van der Waals surface area contributed by atoms with Gasteiger partial charge in [0.1, 0.15) is 5.75 Å². The Hall–Kier alpha value is -0.890. The highest BCUT2D eigenvalue weighted by Crippen LogP contribution is 2.11. The Labute approximate surface area is 74.1 Å². The first kappa shape index (κ1) is 10.1. The second-order valence-electron chi connectivity index (χ2n) is 1.98. The molecule has 0 fully saturated rings. The smallest absolute Gasteiger partial charge is 0.118 e. The van der Waals surface area contributed by atoms with Gasteiger partial charge in [-0.05, 0) is 17.7 Å². The van der Waals surface area contributed by atoms with E-state index in [0.29, 0.717) is 0 Å². The molecule has 1 aromatic carbocycles. The van der Waals surface area contributed by atoms with Gasteiger partial charge in [0, 0.05) is 0 Å². The van der Waals surface area contributed by atoms with Gasteiger partial charge in [0.25, 0.3) is 0 Å². The highest BCUT2D eigenvalue weighted by molar-refractivity contribution is 7.59. The minimum Gasteiger partial charge on any atom is -0.497 e. The van der Waals surface area contributed by atoms with E-state index in [2.05, 4.69) is 6.58 Å². The molecule has 0 heterocycles. The third-order valence-corrected chi connectivity index (χ3v) is 1.35. The lowest BCUT2D eigenvalue weighted by molar-refractivity contribution is 0.415. The van der Waals surface area contributed by atoms with Crippen molar-refractivity contribution in [3.05, 3.63) is 36.4 Å². The van der Waals surface area contributed by atoms with E-state index in [9.17, 15) is 0 Å². The maximum absolute atomic E-state index is 4.98. The summed E-state index contributed by atoms with van der Waals surface area (Å²) in [6.45, 7) is 3.65. The summed E-state index contributed by atoms with van der Waals surface area (Å²) in [5.74, 6) is 0.880. The van der Waals surface area contributed by atoms with Gasteiger partial charge in [-0.1, -0.05) is 24.8 Å². The molecule has 0 bridgehead atoms. The average Bonchev–Trinajstić information content (AvgIpc) is 2.05. The molecule has 0 amide bonds. The van der Waals surface area contributed by atoms with Crippen LogP contribution in [0.25, 0.3) is 6.08 Å². The van der Waals surface area contributed by atoms with Crippen LogP contribution in [0.5, 0.6) is 5.75 Å². The molecule has 2 heteroatoms. The maximum atomic E-state index is 4.98. The van der Waals surface area contributed by atoms with Crippen LogP contribution in [0, 0.1) is 0 Å². The quantitative estimate of drug-likeness (QED) is 0.659. The Morgan fingerprint density at radius 1 is 1.27 bits per heavy atom. The van der Waals surface area contributed by atoms with Crippen LogP contribution in [0.2, 0.25) is 0 Å². The van der Waals surface area contributed by atoms with Crippen molar-refractivity contribution in [2.24, 2.45) is 0 Å². The highest BCUT2D eigenvalue weighted by atomic mass is 32.1. The van der Waals surface area contributed by atoms with Crippen molar-refractivity contribution in [2.75, 3.05) is 7.11 Å². The fourth-order valence-corrected chi connectivity index (χ4v) is 0.740. The number of ether oxygens (including phenoxy) is 1. The second-order valence-corrected chi connectivity index (χ2v) is 1.98. The third-order valence-electron chi connectivity index (χ3n) is 1.35. The first-order valence-corrected chi connectivity index (χ1v) is 3.13. The molecule has 0 aliphatic carbocycles. The zero-order valence-corrected chi connectivity index (χ0v) is 7.50. The van der Waals surface area contributed by atoms with Crippen LogP contribution in [0.4, 0.5) is 0 Å². The summed E-state index contributed by atoms with van der Waals surface area (Å²) >= 11 is 0. The summed E-state index contributed by atoms with van der Waals surface area (Å²) in [5.41, 5.74) is 1.11. The van der Waals surface area contributed by atoms with Gasteiger partial charge < -0.3 is 4.74 Å². The van der Waals surface area contributed by atoms with Gasteiger partial charge >= 0.3 is 0 Å². The molecule has 11 heavy (non-hydrogen) atoms. The first-order valence-electron chi connectivity index (χ1n) is 3.13. The zero-order valence-electron chi connectivity index (χ0n) is 6.50. The molecule has 60 valence electrons. The Balaban J connectivity index is 0.000001000. The van der Waals surface area contributed by atoms with E-state index in [0.717, 1.165) is 11.3 Å². The molecule has 0 radical (unpaired) electrons. The molecule has 0 aliphatic rings. The van der Waals surface area contributed by atoms with Crippen molar-refractivity contribution in [1.29, 1.82) is 0 Å². The van der Waals surface area contributed by atoms with E-state index >= 15 is 0 Å². The maximum Gasteiger partial charge on any atom is 0.118 e. The van der Waals surface area contributed by atoms with E-state index in [1.807, 2.05) is 24.3 Å². The molecule has 0 aliphatic heterocycles. The Kier molecular flexibility index (Phi) is 4.46. The predicted octanol–water partition coefficient (Wildman–Crippen LogP) is 2.45. The molecular formula is C9H12OS. The van der Waals surface area contributed by atoms with Crippen molar-refractivity contribution in [1.82, 2.24) is 0 Å². The molecular weight excluding hydrogens is 156 g/mol. The lowest BCUT2D eigenvalue weighted by Gasteiger charge is -1.97. The van der Waals surface area contributed by atoms with E-state index in [-0.39, 0.29) is 13.5 Å². The molecule has 0 aromatic heterocycles. The fraction of sp³-hybridized carbons (Fsp3) is 0.111. The average molecular weight is 168 g/mol. The Morgan fingerprint density at radius 2 is 1.82 bits per heavy atom. The van der Waals surface area contributed by atoms with Gasteiger partial charge in [0.05, 0.1) is 7.11 Å². The van der Waals surface area contributed by atoms with Crippen LogP contribution < -0.4 is 4.74 Å².